The van der Waals surface area contributed by atoms with Gasteiger partial charge in [0.05, 0.1) is 11.9 Å². The molecule has 0 saturated heterocycles. The zero-order valence-corrected chi connectivity index (χ0v) is 11.3. The Balaban J connectivity index is 3.94. The van der Waals surface area contributed by atoms with E-state index in [9.17, 15) is 26.7 Å². The Morgan fingerprint density at radius 2 is 1.83 bits per heavy atom. The molecule has 0 aliphatic heterocycles. The normalized spacial score (nSPS) is 15.1. The Hall–Kier alpha value is -0.340. The molecule has 0 aliphatic rings. The molecule has 0 aromatic heterocycles. The van der Waals surface area contributed by atoms with Gasteiger partial charge in [0.25, 0.3) is 0 Å². The highest BCUT2D eigenvalue weighted by Crippen LogP contribution is 2.21. The van der Waals surface area contributed by atoms with Crippen molar-refractivity contribution in [3.05, 3.63) is 0 Å². The third-order valence-corrected chi connectivity index (χ3v) is 3.59. The first kappa shape index (κ1) is 17.7. The summed E-state index contributed by atoms with van der Waals surface area (Å²) >= 11 is 0. The standard InChI is InChI=1S/C10H20F3NO3S/c1-8(2)6-9(15)7-14-18(16,17)5-3-4-10(11,12)13/h8-9,14-15H,3-7H2,1-2H3. The molecule has 0 aromatic rings. The van der Waals surface area contributed by atoms with E-state index in [4.69, 9.17) is 0 Å². The Labute approximate surface area is 106 Å². The van der Waals surface area contributed by atoms with Gasteiger partial charge in [-0.2, -0.15) is 13.2 Å². The summed E-state index contributed by atoms with van der Waals surface area (Å²) in [7, 11) is -3.74. The lowest BCUT2D eigenvalue weighted by molar-refractivity contribution is -0.134. The van der Waals surface area contributed by atoms with Crippen LogP contribution in [0.1, 0.15) is 33.1 Å². The molecule has 0 bridgehead atoms. The molecule has 0 rings (SSSR count). The second-order valence-electron chi connectivity index (χ2n) is 4.67. The van der Waals surface area contributed by atoms with Crippen molar-refractivity contribution in [3.8, 4) is 0 Å². The molecule has 110 valence electrons. The highest BCUT2D eigenvalue weighted by Gasteiger charge is 2.27. The molecule has 0 heterocycles. The summed E-state index contributed by atoms with van der Waals surface area (Å²) in [4.78, 5) is 0. The maximum Gasteiger partial charge on any atom is 0.389 e. The lowest BCUT2D eigenvalue weighted by Gasteiger charge is -2.14. The smallest absolute Gasteiger partial charge is 0.389 e. The second kappa shape index (κ2) is 7.30. The Morgan fingerprint density at radius 1 is 1.28 bits per heavy atom. The van der Waals surface area contributed by atoms with E-state index in [0.717, 1.165) is 0 Å². The molecular formula is C10H20F3NO3S. The van der Waals surface area contributed by atoms with Gasteiger partial charge in [-0.3, -0.25) is 0 Å². The predicted octanol–water partition coefficient (Wildman–Crippen LogP) is 1.66. The van der Waals surface area contributed by atoms with E-state index in [1.807, 2.05) is 13.8 Å². The van der Waals surface area contributed by atoms with Crippen LogP contribution >= 0.6 is 0 Å². The van der Waals surface area contributed by atoms with Crippen LogP contribution in [0.5, 0.6) is 0 Å². The quantitative estimate of drug-likeness (QED) is 0.714. The number of aliphatic hydroxyl groups is 1. The molecule has 1 unspecified atom stereocenters. The van der Waals surface area contributed by atoms with Crippen molar-refractivity contribution in [2.24, 2.45) is 5.92 Å². The van der Waals surface area contributed by atoms with Crippen LogP contribution in [0.25, 0.3) is 0 Å². The van der Waals surface area contributed by atoms with E-state index in [2.05, 4.69) is 4.72 Å². The van der Waals surface area contributed by atoms with Gasteiger partial charge in [-0.25, -0.2) is 13.1 Å². The van der Waals surface area contributed by atoms with E-state index in [0.29, 0.717) is 6.42 Å². The fourth-order valence-corrected chi connectivity index (χ4v) is 2.50. The topological polar surface area (TPSA) is 66.4 Å². The number of halogens is 3. The Bertz CT molecular complexity index is 328. The van der Waals surface area contributed by atoms with Gasteiger partial charge in [0, 0.05) is 13.0 Å². The first-order valence-electron chi connectivity index (χ1n) is 5.74. The summed E-state index contributed by atoms with van der Waals surface area (Å²) in [5.74, 6) is -0.365. The molecular weight excluding hydrogens is 271 g/mol. The minimum absolute atomic E-state index is 0.160. The fraction of sp³-hybridized carbons (Fsp3) is 1.00. The van der Waals surface area contributed by atoms with Gasteiger partial charge < -0.3 is 5.11 Å². The van der Waals surface area contributed by atoms with E-state index in [-0.39, 0.29) is 12.5 Å². The predicted molar refractivity (Wildman–Crippen MR) is 62.5 cm³/mol. The van der Waals surface area contributed by atoms with Crippen molar-refractivity contribution in [1.82, 2.24) is 4.72 Å². The van der Waals surface area contributed by atoms with Crippen LogP contribution in [0, 0.1) is 5.92 Å². The van der Waals surface area contributed by atoms with Crippen molar-refractivity contribution in [3.63, 3.8) is 0 Å². The largest absolute Gasteiger partial charge is 0.392 e. The zero-order chi connectivity index (χ0) is 14.4. The molecule has 0 aromatic carbocycles. The summed E-state index contributed by atoms with van der Waals surface area (Å²) in [5.41, 5.74) is 0. The number of rotatable bonds is 8. The molecule has 0 fully saturated rings. The SMILES string of the molecule is CC(C)CC(O)CNS(=O)(=O)CCCC(F)(F)F. The molecule has 18 heavy (non-hydrogen) atoms. The summed E-state index contributed by atoms with van der Waals surface area (Å²) in [6.45, 7) is 3.59. The monoisotopic (exact) mass is 291 g/mol. The lowest BCUT2D eigenvalue weighted by atomic mass is 10.1. The summed E-state index contributed by atoms with van der Waals surface area (Å²) in [6, 6.07) is 0. The number of hydrogen-bond acceptors (Lipinski definition) is 3. The molecule has 1 atom stereocenters. The number of sulfonamides is 1. The van der Waals surface area contributed by atoms with Crippen LogP contribution in [-0.4, -0.2) is 38.1 Å². The molecule has 0 amide bonds. The van der Waals surface area contributed by atoms with Crippen molar-refractivity contribution < 1.29 is 26.7 Å². The van der Waals surface area contributed by atoms with Crippen molar-refractivity contribution in [2.45, 2.75) is 45.4 Å². The van der Waals surface area contributed by atoms with Crippen LogP contribution in [0.2, 0.25) is 0 Å². The van der Waals surface area contributed by atoms with Gasteiger partial charge >= 0.3 is 6.18 Å². The molecule has 0 radical (unpaired) electrons. The van der Waals surface area contributed by atoms with E-state index in [1.54, 1.807) is 0 Å². The molecule has 8 heteroatoms. The van der Waals surface area contributed by atoms with E-state index < -0.39 is 40.9 Å². The Morgan fingerprint density at radius 3 is 2.28 bits per heavy atom. The highest BCUT2D eigenvalue weighted by atomic mass is 32.2. The van der Waals surface area contributed by atoms with Gasteiger partial charge in [-0.05, 0) is 18.8 Å². The third-order valence-electron chi connectivity index (χ3n) is 2.16. The minimum Gasteiger partial charge on any atom is -0.392 e. The van der Waals surface area contributed by atoms with Crippen LogP contribution in [-0.2, 0) is 10.0 Å². The van der Waals surface area contributed by atoms with Crippen molar-refractivity contribution in [1.29, 1.82) is 0 Å². The van der Waals surface area contributed by atoms with Crippen LogP contribution in [0.4, 0.5) is 13.2 Å². The number of aliphatic hydroxyl groups excluding tert-OH is 1. The number of hydrogen-bond donors (Lipinski definition) is 2. The Kier molecular flexibility index (Phi) is 7.16. The molecule has 4 nitrogen and oxygen atoms in total. The molecule has 0 aliphatic carbocycles. The third kappa shape index (κ3) is 10.8. The van der Waals surface area contributed by atoms with Crippen LogP contribution < -0.4 is 4.72 Å². The van der Waals surface area contributed by atoms with Gasteiger partial charge in [0.2, 0.25) is 10.0 Å². The summed E-state index contributed by atoms with van der Waals surface area (Å²) < 4.78 is 60.2. The zero-order valence-electron chi connectivity index (χ0n) is 10.5. The second-order valence-corrected chi connectivity index (χ2v) is 6.60. The van der Waals surface area contributed by atoms with E-state index in [1.165, 1.54) is 0 Å². The van der Waals surface area contributed by atoms with Gasteiger partial charge in [0.15, 0.2) is 0 Å². The molecule has 0 spiro atoms. The van der Waals surface area contributed by atoms with Gasteiger partial charge in [-0.1, -0.05) is 13.8 Å². The van der Waals surface area contributed by atoms with Crippen molar-refractivity contribution >= 4 is 10.0 Å². The molecule has 2 N–H and O–H groups in total. The fourth-order valence-electron chi connectivity index (χ4n) is 1.39. The van der Waals surface area contributed by atoms with Gasteiger partial charge in [-0.15, -0.1) is 0 Å². The van der Waals surface area contributed by atoms with Gasteiger partial charge in [0.1, 0.15) is 0 Å². The first-order chi connectivity index (χ1) is 8.02. The maximum atomic E-state index is 11.8. The minimum atomic E-state index is -4.34. The van der Waals surface area contributed by atoms with Crippen molar-refractivity contribution in [2.75, 3.05) is 12.3 Å². The number of nitrogens with one attached hydrogen (secondary N) is 1. The van der Waals surface area contributed by atoms with Crippen LogP contribution in [0.15, 0.2) is 0 Å². The highest BCUT2D eigenvalue weighted by molar-refractivity contribution is 7.89. The van der Waals surface area contributed by atoms with Crippen LogP contribution in [0.3, 0.4) is 0 Å². The maximum absolute atomic E-state index is 11.8. The first-order valence-corrected chi connectivity index (χ1v) is 7.39. The summed E-state index contributed by atoms with van der Waals surface area (Å²) in [5, 5.41) is 9.43. The van der Waals surface area contributed by atoms with E-state index >= 15 is 0 Å². The average Bonchev–Trinajstić information content (AvgIpc) is 2.11. The average molecular weight is 291 g/mol. The summed E-state index contributed by atoms with van der Waals surface area (Å²) in [6.07, 6.45) is -6.32. The molecule has 0 saturated carbocycles. The lowest BCUT2D eigenvalue weighted by Crippen LogP contribution is -2.34. The number of alkyl halides is 3.